The van der Waals surface area contributed by atoms with Gasteiger partial charge in [0.25, 0.3) is 5.91 Å². The Hall–Kier alpha value is -2.85. The number of carbonyl (C=O) groups excluding carboxylic acids is 1. The Morgan fingerprint density at radius 2 is 1.75 bits per heavy atom. The minimum atomic E-state index is -3.26. The summed E-state index contributed by atoms with van der Waals surface area (Å²) in [6, 6.07) is 12.4. The average molecular weight is 474 g/mol. The fourth-order valence-corrected chi connectivity index (χ4v) is 5.73. The van der Waals surface area contributed by atoms with Gasteiger partial charge in [-0.15, -0.1) is 0 Å². The van der Waals surface area contributed by atoms with Gasteiger partial charge < -0.3 is 19.3 Å². The summed E-state index contributed by atoms with van der Waals surface area (Å²) in [5.41, 5.74) is 0.774. The molecular weight excluding hydrogens is 450 g/mol. The van der Waals surface area contributed by atoms with Gasteiger partial charge >= 0.3 is 0 Å². The highest BCUT2D eigenvalue weighted by Gasteiger charge is 2.37. The Labute approximate surface area is 190 Å². The first-order valence-corrected chi connectivity index (χ1v) is 13.1. The number of carbonyl (C=O) groups is 1. The van der Waals surface area contributed by atoms with Crippen LogP contribution in [0, 0.1) is 0 Å². The molecule has 0 saturated carbocycles. The van der Waals surface area contributed by atoms with Crippen LogP contribution in [0.2, 0.25) is 0 Å². The number of piperazine rings is 1. The molecule has 2 unspecified atom stereocenters. The van der Waals surface area contributed by atoms with Gasteiger partial charge in [0.1, 0.15) is 6.10 Å². The van der Waals surface area contributed by atoms with Crippen LogP contribution in [0.3, 0.4) is 0 Å². The van der Waals surface area contributed by atoms with Crippen molar-refractivity contribution < 1.29 is 22.7 Å². The number of aromatic nitrogens is 1. The Bertz CT molecular complexity index is 1280. The fraction of sp³-hybridized carbons (Fsp3) is 0.364. The van der Waals surface area contributed by atoms with Crippen LogP contribution >= 0.6 is 11.3 Å². The summed E-state index contributed by atoms with van der Waals surface area (Å²) in [7, 11) is -3.26. The van der Waals surface area contributed by atoms with E-state index in [1.54, 1.807) is 18.2 Å². The zero-order valence-electron chi connectivity index (χ0n) is 17.7. The molecule has 0 spiro atoms. The molecule has 0 bridgehead atoms. The van der Waals surface area contributed by atoms with Gasteiger partial charge in [0.05, 0.1) is 15.1 Å². The summed E-state index contributed by atoms with van der Waals surface area (Å²) < 4.78 is 36.3. The van der Waals surface area contributed by atoms with Gasteiger partial charge in [-0.2, -0.15) is 0 Å². The highest BCUT2D eigenvalue weighted by molar-refractivity contribution is 7.90. The SMILES string of the molecule is CC1Oc2ccccc2OC1C(=O)N1CCN(c2nc3ccc(S(C)(=O)=O)cc3s2)CC1. The normalized spacial score (nSPS) is 21.1. The van der Waals surface area contributed by atoms with Crippen LogP contribution in [-0.4, -0.2) is 68.9 Å². The molecule has 168 valence electrons. The molecular formula is C22H23N3O5S2. The van der Waals surface area contributed by atoms with Crippen LogP contribution in [0.15, 0.2) is 47.4 Å². The number of amides is 1. The van der Waals surface area contributed by atoms with Crippen LogP contribution in [0.25, 0.3) is 10.2 Å². The zero-order valence-corrected chi connectivity index (χ0v) is 19.4. The minimum absolute atomic E-state index is 0.0752. The zero-order chi connectivity index (χ0) is 22.5. The number of thiazole rings is 1. The van der Waals surface area contributed by atoms with Crippen molar-refractivity contribution in [3.05, 3.63) is 42.5 Å². The van der Waals surface area contributed by atoms with E-state index in [1.165, 1.54) is 17.6 Å². The summed E-state index contributed by atoms with van der Waals surface area (Å²) >= 11 is 1.47. The highest BCUT2D eigenvalue weighted by atomic mass is 32.2. The number of sulfone groups is 1. The molecule has 2 atom stereocenters. The molecule has 0 N–H and O–H groups in total. The molecule has 0 radical (unpaired) electrons. The van der Waals surface area contributed by atoms with Crippen LogP contribution in [0.4, 0.5) is 5.13 Å². The van der Waals surface area contributed by atoms with Gasteiger partial charge in [0.15, 0.2) is 26.5 Å². The van der Waals surface area contributed by atoms with E-state index in [9.17, 15) is 13.2 Å². The molecule has 3 aromatic rings. The van der Waals surface area contributed by atoms with Crippen molar-refractivity contribution in [2.75, 3.05) is 37.3 Å². The van der Waals surface area contributed by atoms with E-state index in [-0.39, 0.29) is 12.0 Å². The third kappa shape index (κ3) is 3.88. The average Bonchev–Trinajstić information content (AvgIpc) is 3.21. The Balaban J connectivity index is 1.26. The first-order chi connectivity index (χ1) is 15.3. The number of rotatable bonds is 3. The van der Waals surface area contributed by atoms with Gasteiger partial charge in [-0.1, -0.05) is 23.5 Å². The number of hydrogen-bond donors (Lipinski definition) is 0. The Morgan fingerprint density at radius 3 is 2.44 bits per heavy atom. The largest absolute Gasteiger partial charge is 0.482 e. The van der Waals surface area contributed by atoms with Gasteiger partial charge in [-0.25, -0.2) is 13.4 Å². The second kappa shape index (κ2) is 7.93. The number of para-hydroxylation sites is 2. The standard InChI is InChI=1S/C22H23N3O5S2/c1-14-20(30-18-6-4-3-5-17(18)29-14)21(26)24-9-11-25(12-10-24)22-23-16-8-7-15(32(2,27)28)13-19(16)31-22/h3-8,13-14,20H,9-12H2,1-2H3. The molecule has 1 aromatic heterocycles. The van der Waals surface area contributed by atoms with E-state index in [0.717, 1.165) is 15.3 Å². The number of nitrogens with zero attached hydrogens (tertiary/aromatic N) is 3. The number of hydrogen-bond acceptors (Lipinski definition) is 8. The molecule has 0 aliphatic carbocycles. The van der Waals surface area contributed by atoms with Gasteiger partial charge in [0.2, 0.25) is 6.10 Å². The van der Waals surface area contributed by atoms with Gasteiger partial charge in [-0.3, -0.25) is 4.79 Å². The number of fused-ring (bicyclic) bond motifs is 2. The number of benzene rings is 2. The van der Waals surface area contributed by atoms with Gasteiger partial charge in [-0.05, 0) is 37.3 Å². The third-order valence-electron chi connectivity index (χ3n) is 5.72. The van der Waals surface area contributed by atoms with Crippen molar-refractivity contribution in [3.8, 4) is 11.5 Å². The summed E-state index contributed by atoms with van der Waals surface area (Å²) in [6.07, 6.45) is 0.157. The molecule has 5 rings (SSSR count). The summed E-state index contributed by atoms with van der Waals surface area (Å²) in [4.78, 5) is 22.0. The number of ether oxygens (including phenoxy) is 2. The molecule has 2 aliphatic rings. The minimum Gasteiger partial charge on any atom is -0.482 e. The van der Waals surface area contributed by atoms with E-state index in [1.807, 2.05) is 36.1 Å². The van der Waals surface area contributed by atoms with Crippen molar-refractivity contribution >= 4 is 42.4 Å². The highest BCUT2D eigenvalue weighted by Crippen LogP contribution is 2.34. The molecule has 2 aliphatic heterocycles. The molecule has 1 fully saturated rings. The van der Waals surface area contributed by atoms with E-state index < -0.39 is 15.9 Å². The van der Waals surface area contributed by atoms with Crippen molar-refractivity contribution in [1.82, 2.24) is 9.88 Å². The monoisotopic (exact) mass is 473 g/mol. The fourth-order valence-electron chi connectivity index (χ4n) is 3.95. The molecule has 32 heavy (non-hydrogen) atoms. The molecule has 1 saturated heterocycles. The third-order valence-corrected chi connectivity index (χ3v) is 7.91. The summed E-state index contributed by atoms with van der Waals surface area (Å²) in [5.74, 6) is 1.17. The van der Waals surface area contributed by atoms with Crippen molar-refractivity contribution in [2.45, 2.75) is 24.0 Å². The van der Waals surface area contributed by atoms with E-state index in [2.05, 4.69) is 9.88 Å². The maximum absolute atomic E-state index is 13.1. The maximum Gasteiger partial charge on any atom is 0.267 e. The van der Waals surface area contributed by atoms with Crippen LogP contribution < -0.4 is 14.4 Å². The first kappa shape index (κ1) is 21.0. The predicted molar refractivity (Wildman–Crippen MR) is 122 cm³/mol. The summed E-state index contributed by atoms with van der Waals surface area (Å²) in [6.45, 7) is 4.24. The molecule has 10 heteroatoms. The lowest BCUT2D eigenvalue weighted by Crippen LogP contribution is -2.56. The maximum atomic E-state index is 13.1. The second-order valence-electron chi connectivity index (χ2n) is 8.02. The van der Waals surface area contributed by atoms with Gasteiger partial charge in [0, 0.05) is 32.4 Å². The lowest BCUT2D eigenvalue weighted by Gasteiger charge is -2.38. The van der Waals surface area contributed by atoms with E-state index >= 15 is 0 Å². The topological polar surface area (TPSA) is 89.0 Å². The molecule has 1 amide bonds. The molecule has 2 aromatic carbocycles. The molecule has 8 nitrogen and oxygen atoms in total. The quantitative estimate of drug-likeness (QED) is 0.578. The summed E-state index contributed by atoms with van der Waals surface area (Å²) in [5, 5.41) is 0.831. The lowest BCUT2D eigenvalue weighted by molar-refractivity contribution is -0.144. The number of anilines is 1. The smallest absolute Gasteiger partial charge is 0.267 e. The Kier molecular flexibility index (Phi) is 5.21. The first-order valence-electron chi connectivity index (χ1n) is 10.4. The van der Waals surface area contributed by atoms with Crippen LogP contribution in [0.1, 0.15) is 6.92 Å². The predicted octanol–water partition coefficient (Wildman–Crippen LogP) is 2.58. The Morgan fingerprint density at radius 1 is 1.06 bits per heavy atom. The van der Waals surface area contributed by atoms with E-state index in [0.29, 0.717) is 42.6 Å². The van der Waals surface area contributed by atoms with Crippen molar-refractivity contribution in [3.63, 3.8) is 0 Å². The van der Waals surface area contributed by atoms with Crippen molar-refractivity contribution in [1.29, 1.82) is 0 Å². The van der Waals surface area contributed by atoms with Crippen molar-refractivity contribution in [2.24, 2.45) is 0 Å². The molecule has 3 heterocycles. The van der Waals surface area contributed by atoms with E-state index in [4.69, 9.17) is 9.47 Å². The lowest BCUT2D eigenvalue weighted by atomic mass is 10.1. The van der Waals surface area contributed by atoms with Crippen LogP contribution in [-0.2, 0) is 14.6 Å². The second-order valence-corrected chi connectivity index (χ2v) is 11.0. The van der Waals surface area contributed by atoms with Crippen LogP contribution in [0.5, 0.6) is 11.5 Å².